The minimum absolute atomic E-state index is 0.118. The first kappa shape index (κ1) is 19.4. The van der Waals surface area contributed by atoms with E-state index < -0.39 is 15.9 Å². The molecule has 0 saturated carbocycles. The van der Waals surface area contributed by atoms with Crippen molar-refractivity contribution in [3.63, 3.8) is 0 Å². The van der Waals surface area contributed by atoms with Gasteiger partial charge in [-0.3, -0.25) is 14.5 Å². The molecular weight excluding hydrogens is 386 g/mol. The summed E-state index contributed by atoms with van der Waals surface area (Å²) in [5.41, 5.74) is 1.08. The topological polar surface area (TPSA) is 86.8 Å². The van der Waals surface area contributed by atoms with Crippen LogP contribution in [0.15, 0.2) is 58.3 Å². The lowest BCUT2D eigenvalue weighted by molar-refractivity contribution is -0.121. The third kappa shape index (κ3) is 4.00. The number of anilines is 2. The van der Waals surface area contributed by atoms with Crippen LogP contribution in [-0.2, 0) is 19.6 Å². The predicted molar refractivity (Wildman–Crippen MR) is 105 cm³/mol. The van der Waals surface area contributed by atoms with Gasteiger partial charge >= 0.3 is 0 Å². The summed E-state index contributed by atoms with van der Waals surface area (Å²) in [5.74, 6) is -0.788. The molecule has 1 N–H and O–H groups in total. The highest BCUT2D eigenvalue weighted by Crippen LogP contribution is 2.29. The van der Waals surface area contributed by atoms with Crippen molar-refractivity contribution in [2.45, 2.75) is 9.79 Å². The summed E-state index contributed by atoms with van der Waals surface area (Å²) in [4.78, 5) is 27.0. The van der Waals surface area contributed by atoms with Crippen LogP contribution in [0.3, 0.4) is 0 Å². The van der Waals surface area contributed by atoms with E-state index in [1.165, 1.54) is 35.8 Å². The van der Waals surface area contributed by atoms with Gasteiger partial charge < -0.3 is 5.32 Å². The highest BCUT2D eigenvalue weighted by Gasteiger charge is 2.30. The van der Waals surface area contributed by atoms with Gasteiger partial charge in [-0.15, -0.1) is 11.8 Å². The summed E-state index contributed by atoms with van der Waals surface area (Å²) in [5, 5.41) is 2.70. The van der Waals surface area contributed by atoms with Gasteiger partial charge in [0, 0.05) is 11.9 Å². The Hall–Kier alpha value is -2.36. The fraction of sp³-hybridized carbons (Fsp3) is 0.222. The first-order valence-corrected chi connectivity index (χ1v) is 10.8. The molecule has 0 spiro atoms. The summed E-state index contributed by atoms with van der Waals surface area (Å²) in [6, 6.07) is 13.4. The van der Waals surface area contributed by atoms with Crippen molar-refractivity contribution in [1.29, 1.82) is 0 Å². The van der Waals surface area contributed by atoms with Gasteiger partial charge in [-0.2, -0.15) is 4.31 Å². The fourth-order valence-corrected chi connectivity index (χ4v) is 4.27. The first-order valence-electron chi connectivity index (χ1n) is 8.12. The van der Waals surface area contributed by atoms with Crippen LogP contribution in [0, 0.1) is 0 Å². The van der Waals surface area contributed by atoms with Crippen LogP contribution in [0.5, 0.6) is 0 Å². The molecule has 2 aromatic carbocycles. The zero-order chi connectivity index (χ0) is 19.6. The number of amides is 2. The monoisotopic (exact) mass is 405 g/mol. The fourth-order valence-electron chi connectivity index (χ4n) is 2.74. The molecule has 0 aliphatic carbocycles. The molecule has 1 aliphatic rings. The highest BCUT2D eigenvalue weighted by atomic mass is 32.2. The Morgan fingerprint density at radius 2 is 1.85 bits per heavy atom. The van der Waals surface area contributed by atoms with E-state index in [-0.39, 0.29) is 23.9 Å². The molecule has 0 atom stereocenters. The predicted octanol–water partition coefficient (Wildman–Crippen LogP) is 2.01. The molecule has 0 radical (unpaired) electrons. The number of fused-ring (bicyclic) bond motifs is 1. The molecule has 7 nitrogen and oxygen atoms in total. The van der Waals surface area contributed by atoms with Crippen LogP contribution in [0.4, 0.5) is 11.4 Å². The third-order valence-corrected chi connectivity index (χ3v) is 6.76. The Labute approximate surface area is 162 Å². The largest absolute Gasteiger partial charge is 0.323 e. The zero-order valence-corrected chi connectivity index (χ0v) is 16.5. The normalized spacial score (nSPS) is 14.0. The number of nitrogens with zero attached hydrogens (tertiary/aromatic N) is 2. The molecule has 3 rings (SSSR count). The lowest BCUT2D eigenvalue weighted by atomic mass is 10.2. The number of carbonyl (C=O) groups excluding carboxylic acids is 2. The molecule has 1 aliphatic heterocycles. The number of likely N-dealkylation sites (N-methyl/N-ethyl adjacent to an activating group) is 1. The molecule has 0 fully saturated rings. The Balaban J connectivity index is 1.80. The number of hydrogen-bond donors (Lipinski definition) is 1. The Bertz CT molecular complexity index is 974. The average Bonchev–Trinajstić information content (AvgIpc) is 2.67. The van der Waals surface area contributed by atoms with E-state index in [1.807, 2.05) is 6.26 Å². The maximum Gasteiger partial charge on any atom is 0.244 e. The molecule has 2 aromatic rings. The standard InChI is InChI=1S/C18H19N3O4S2/c1-20(27(24,25)14-9-7-13(26-2)8-10-14)12-18(23)21-11-17(22)19-15-5-3-4-6-16(15)21/h3-10H,11-12H2,1-2H3,(H,19,22). The van der Waals surface area contributed by atoms with E-state index in [0.29, 0.717) is 11.4 Å². The second-order valence-electron chi connectivity index (χ2n) is 5.98. The summed E-state index contributed by atoms with van der Waals surface area (Å²) in [7, 11) is -2.46. The zero-order valence-electron chi connectivity index (χ0n) is 14.9. The van der Waals surface area contributed by atoms with Crippen molar-refractivity contribution in [3.8, 4) is 0 Å². The number of sulfonamides is 1. The molecule has 1 heterocycles. The number of para-hydroxylation sites is 2. The lowest BCUT2D eigenvalue weighted by Crippen LogP contribution is -2.46. The van der Waals surface area contributed by atoms with Gasteiger partial charge in [-0.25, -0.2) is 8.42 Å². The number of hydrogen-bond acceptors (Lipinski definition) is 5. The summed E-state index contributed by atoms with van der Waals surface area (Å²) >= 11 is 1.51. The van der Waals surface area contributed by atoms with Crippen molar-refractivity contribution in [2.75, 3.05) is 36.6 Å². The minimum Gasteiger partial charge on any atom is -0.323 e. The number of benzene rings is 2. The second-order valence-corrected chi connectivity index (χ2v) is 8.91. The molecular formula is C18H19N3O4S2. The Morgan fingerprint density at radius 1 is 1.19 bits per heavy atom. The van der Waals surface area contributed by atoms with E-state index in [9.17, 15) is 18.0 Å². The average molecular weight is 406 g/mol. The van der Waals surface area contributed by atoms with Crippen molar-refractivity contribution >= 4 is 45.0 Å². The molecule has 142 valence electrons. The minimum atomic E-state index is -3.81. The first-order chi connectivity index (χ1) is 12.8. The van der Waals surface area contributed by atoms with Crippen molar-refractivity contribution in [3.05, 3.63) is 48.5 Å². The van der Waals surface area contributed by atoms with Gasteiger partial charge in [0.2, 0.25) is 21.8 Å². The maximum atomic E-state index is 12.7. The van der Waals surface area contributed by atoms with Gasteiger partial charge in [-0.05, 0) is 42.7 Å². The van der Waals surface area contributed by atoms with Crippen LogP contribution in [-0.4, -0.2) is 50.9 Å². The quantitative estimate of drug-likeness (QED) is 0.769. The highest BCUT2D eigenvalue weighted by molar-refractivity contribution is 7.98. The molecule has 2 amide bonds. The second kappa shape index (κ2) is 7.71. The number of thioether (sulfide) groups is 1. The summed E-state index contributed by atoms with van der Waals surface area (Å²) < 4.78 is 26.5. The van der Waals surface area contributed by atoms with Crippen LogP contribution in [0.25, 0.3) is 0 Å². The third-order valence-electron chi connectivity index (χ3n) is 4.20. The molecule has 0 aromatic heterocycles. The number of nitrogens with one attached hydrogen (secondary N) is 1. The maximum absolute atomic E-state index is 12.7. The summed E-state index contributed by atoms with van der Waals surface area (Å²) in [6.07, 6.45) is 1.90. The van der Waals surface area contributed by atoms with Crippen LogP contribution in [0.1, 0.15) is 0 Å². The van der Waals surface area contributed by atoms with Crippen molar-refractivity contribution < 1.29 is 18.0 Å². The number of carbonyl (C=O) groups is 2. The smallest absolute Gasteiger partial charge is 0.244 e. The van der Waals surface area contributed by atoms with Gasteiger partial charge in [0.05, 0.1) is 22.8 Å². The van der Waals surface area contributed by atoms with Crippen LogP contribution in [0.2, 0.25) is 0 Å². The Morgan fingerprint density at radius 3 is 2.52 bits per heavy atom. The molecule has 0 saturated heterocycles. The van der Waals surface area contributed by atoms with E-state index in [0.717, 1.165) is 9.20 Å². The van der Waals surface area contributed by atoms with E-state index in [4.69, 9.17) is 0 Å². The van der Waals surface area contributed by atoms with Crippen LogP contribution < -0.4 is 10.2 Å². The van der Waals surface area contributed by atoms with E-state index in [2.05, 4.69) is 5.32 Å². The van der Waals surface area contributed by atoms with Gasteiger partial charge in [0.1, 0.15) is 6.54 Å². The van der Waals surface area contributed by atoms with Crippen LogP contribution >= 0.6 is 11.8 Å². The summed E-state index contributed by atoms with van der Waals surface area (Å²) in [6.45, 7) is -0.514. The molecule has 27 heavy (non-hydrogen) atoms. The molecule has 0 bridgehead atoms. The molecule has 0 unspecified atom stereocenters. The van der Waals surface area contributed by atoms with Gasteiger partial charge in [-0.1, -0.05) is 12.1 Å². The van der Waals surface area contributed by atoms with E-state index >= 15 is 0 Å². The number of rotatable bonds is 5. The Kier molecular flexibility index (Phi) is 5.54. The van der Waals surface area contributed by atoms with E-state index in [1.54, 1.807) is 36.4 Å². The lowest BCUT2D eigenvalue weighted by Gasteiger charge is -2.30. The van der Waals surface area contributed by atoms with Crippen molar-refractivity contribution in [2.24, 2.45) is 0 Å². The SMILES string of the molecule is CSc1ccc(S(=O)(=O)N(C)CC(=O)N2CC(=O)Nc3ccccc32)cc1. The van der Waals surface area contributed by atoms with Crippen molar-refractivity contribution in [1.82, 2.24) is 4.31 Å². The van der Waals surface area contributed by atoms with Gasteiger partial charge in [0.25, 0.3) is 0 Å². The van der Waals surface area contributed by atoms with Gasteiger partial charge in [0.15, 0.2) is 0 Å². The molecule has 9 heteroatoms.